The van der Waals surface area contributed by atoms with Gasteiger partial charge in [-0.15, -0.1) is 0 Å². The van der Waals surface area contributed by atoms with Gasteiger partial charge in [-0.1, -0.05) is 13.8 Å². The van der Waals surface area contributed by atoms with Crippen molar-refractivity contribution in [3.63, 3.8) is 0 Å². The van der Waals surface area contributed by atoms with Gasteiger partial charge in [-0.2, -0.15) is 0 Å². The SMILES string of the molecule is COc1ccc(F)c(NC(=O)CCC(C)(C)CCN)c1. The van der Waals surface area contributed by atoms with Crippen molar-refractivity contribution in [2.45, 2.75) is 33.1 Å². The van der Waals surface area contributed by atoms with Crippen LogP contribution >= 0.6 is 0 Å². The maximum atomic E-state index is 13.6. The second kappa shape index (κ2) is 7.24. The Morgan fingerprint density at radius 2 is 2.10 bits per heavy atom. The monoisotopic (exact) mass is 282 g/mol. The third-order valence-electron chi connectivity index (χ3n) is 3.30. The van der Waals surface area contributed by atoms with Crippen LogP contribution in [0, 0.1) is 11.2 Å². The molecular weight excluding hydrogens is 259 g/mol. The molecule has 0 heterocycles. The average molecular weight is 282 g/mol. The van der Waals surface area contributed by atoms with Crippen LogP contribution < -0.4 is 15.8 Å². The maximum Gasteiger partial charge on any atom is 0.224 e. The van der Waals surface area contributed by atoms with E-state index < -0.39 is 5.82 Å². The lowest BCUT2D eigenvalue weighted by Crippen LogP contribution is -2.21. The van der Waals surface area contributed by atoms with Crippen LogP contribution in [0.2, 0.25) is 0 Å². The minimum atomic E-state index is -0.472. The summed E-state index contributed by atoms with van der Waals surface area (Å²) in [4.78, 5) is 11.9. The Morgan fingerprint density at radius 3 is 2.70 bits per heavy atom. The number of anilines is 1. The number of nitrogens with one attached hydrogen (secondary N) is 1. The van der Waals surface area contributed by atoms with Gasteiger partial charge in [0.05, 0.1) is 12.8 Å². The molecule has 0 saturated carbocycles. The summed E-state index contributed by atoms with van der Waals surface area (Å²) in [6, 6.07) is 4.25. The maximum absolute atomic E-state index is 13.6. The van der Waals surface area contributed by atoms with Gasteiger partial charge >= 0.3 is 0 Å². The molecule has 0 aromatic heterocycles. The van der Waals surface area contributed by atoms with Crippen LogP contribution in [0.25, 0.3) is 0 Å². The lowest BCUT2D eigenvalue weighted by Gasteiger charge is -2.23. The fourth-order valence-electron chi connectivity index (χ4n) is 1.91. The van der Waals surface area contributed by atoms with E-state index in [0.29, 0.717) is 25.1 Å². The van der Waals surface area contributed by atoms with Crippen LogP contribution in [0.1, 0.15) is 33.1 Å². The molecule has 4 nitrogen and oxygen atoms in total. The molecule has 0 fully saturated rings. The molecule has 5 heteroatoms. The number of carbonyl (C=O) groups is 1. The highest BCUT2D eigenvalue weighted by atomic mass is 19.1. The number of halogens is 1. The minimum absolute atomic E-state index is 0.0129. The van der Waals surface area contributed by atoms with Crippen molar-refractivity contribution in [1.82, 2.24) is 0 Å². The number of ether oxygens (including phenoxy) is 1. The Balaban J connectivity index is 2.58. The zero-order valence-corrected chi connectivity index (χ0v) is 12.3. The second-order valence-corrected chi connectivity index (χ2v) is 5.60. The van der Waals surface area contributed by atoms with Crippen molar-refractivity contribution in [2.75, 3.05) is 19.0 Å². The highest BCUT2D eigenvalue weighted by Crippen LogP contribution is 2.26. The second-order valence-electron chi connectivity index (χ2n) is 5.60. The van der Waals surface area contributed by atoms with Gasteiger partial charge in [0.25, 0.3) is 0 Å². The topological polar surface area (TPSA) is 64.3 Å². The standard InChI is InChI=1S/C15H23FN2O2/c1-15(2,8-9-17)7-6-14(19)18-13-10-11(20-3)4-5-12(13)16/h4-5,10H,6-9,17H2,1-3H3,(H,18,19). The summed E-state index contributed by atoms with van der Waals surface area (Å²) in [5, 5.41) is 2.57. The first-order valence-electron chi connectivity index (χ1n) is 6.71. The van der Waals surface area contributed by atoms with Gasteiger partial charge in [0.2, 0.25) is 5.91 Å². The van der Waals surface area contributed by atoms with Crippen molar-refractivity contribution in [3.8, 4) is 5.75 Å². The van der Waals surface area contributed by atoms with Crippen LogP contribution in [-0.2, 0) is 4.79 Å². The summed E-state index contributed by atoms with van der Waals surface area (Å²) in [7, 11) is 1.49. The molecule has 1 amide bonds. The Labute approximate surface area is 119 Å². The van der Waals surface area contributed by atoms with E-state index in [1.165, 1.54) is 25.3 Å². The number of benzene rings is 1. The van der Waals surface area contributed by atoms with E-state index in [1.807, 2.05) is 0 Å². The first kappa shape index (κ1) is 16.4. The fraction of sp³-hybridized carbons (Fsp3) is 0.533. The first-order valence-corrected chi connectivity index (χ1v) is 6.71. The predicted molar refractivity (Wildman–Crippen MR) is 78.3 cm³/mol. The molecule has 0 aliphatic rings. The number of methoxy groups -OCH3 is 1. The van der Waals surface area contributed by atoms with E-state index in [1.54, 1.807) is 0 Å². The third kappa shape index (κ3) is 5.17. The Bertz CT molecular complexity index is 461. The van der Waals surface area contributed by atoms with E-state index in [0.717, 1.165) is 6.42 Å². The van der Waals surface area contributed by atoms with Gasteiger partial charge in [0.15, 0.2) is 0 Å². The molecule has 3 N–H and O–H groups in total. The molecule has 1 aromatic rings. The van der Waals surface area contributed by atoms with Crippen LogP contribution in [-0.4, -0.2) is 19.6 Å². The molecular formula is C15H23FN2O2. The van der Waals surface area contributed by atoms with E-state index in [-0.39, 0.29) is 17.0 Å². The molecule has 0 radical (unpaired) electrons. The van der Waals surface area contributed by atoms with Crippen molar-refractivity contribution in [1.29, 1.82) is 0 Å². The number of hydrogen-bond donors (Lipinski definition) is 2. The van der Waals surface area contributed by atoms with Gasteiger partial charge in [0, 0.05) is 12.5 Å². The van der Waals surface area contributed by atoms with Crippen LogP contribution in [0.3, 0.4) is 0 Å². The van der Waals surface area contributed by atoms with Crippen molar-refractivity contribution in [2.24, 2.45) is 11.1 Å². The fourth-order valence-corrected chi connectivity index (χ4v) is 1.91. The normalized spacial score (nSPS) is 11.2. The number of carbonyl (C=O) groups excluding carboxylic acids is 1. The number of amides is 1. The van der Waals surface area contributed by atoms with Crippen molar-refractivity contribution in [3.05, 3.63) is 24.0 Å². The Morgan fingerprint density at radius 1 is 1.40 bits per heavy atom. The minimum Gasteiger partial charge on any atom is -0.497 e. The number of nitrogens with two attached hydrogens (primary N) is 1. The highest BCUT2D eigenvalue weighted by Gasteiger charge is 2.18. The van der Waals surface area contributed by atoms with Gasteiger partial charge in [0.1, 0.15) is 11.6 Å². The summed E-state index contributed by atoms with van der Waals surface area (Å²) >= 11 is 0. The summed E-state index contributed by atoms with van der Waals surface area (Å²) < 4.78 is 18.6. The van der Waals surface area contributed by atoms with Crippen molar-refractivity contribution >= 4 is 11.6 Å². The lowest BCUT2D eigenvalue weighted by atomic mass is 9.84. The number of rotatable bonds is 7. The summed E-state index contributed by atoms with van der Waals surface area (Å²) in [5.41, 5.74) is 5.69. The van der Waals surface area contributed by atoms with Crippen molar-refractivity contribution < 1.29 is 13.9 Å². The van der Waals surface area contributed by atoms with E-state index in [2.05, 4.69) is 19.2 Å². The molecule has 0 saturated heterocycles. The molecule has 1 rings (SSSR count). The molecule has 0 aliphatic carbocycles. The molecule has 0 spiro atoms. The molecule has 0 aliphatic heterocycles. The van der Waals surface area contributed by atoms with Crippen LogP contribution in [0.15, 0.2) is 18.2 Å². The number of hydrogen-bond acceptors (Lipinski definition) is 3. The van der Waals surface area contributed by atoms with E-state index in [9.17, 15) is 9.18 Å². The lowest BCUT2D eigenvalue weighted by molar-refractivity contribution is -0.116. The zero-order valence-electron chi connectivity index (χ0n) is 12.3. The van der Waals surface area contributed by atoms with Gasteiger partial charge < -0.3 is 15.8 Å². The molecule has 20 heavy (non-hydrogen) atoms. The average Bonchev–Trinajstić information content (AvgIpc) is 2.39. The molecule has 0 unspecified atom stereocenters. The largest absolute Gasteiger partial charge is 0.497 e. The van der Waals surface area contributed by atoms with Gasteiger partial charge in [-0.3, -0.25) is 4.79 Å². The predicted octanol–water partition coefficient (Wildman–Crippen LogP) is 2.93. The first-order chi connectivity index (χ1) is 9.38. The third-order valence-corrected chi connectivity index (χ3v) is 3.30. The quantitative estimate of drug-likeness (QED) is 0.808. The summed E-state index contributed by atoms with van der Waals surface area (Å²) in [6.07, 6.45) is 1.90. The van der Waals surface area contributed by atoms with Crippen LogP contribution in [0.4, 0.5) is 10.1 Å². The van der Waals surface area contributed by atoms with E-state index >= 15 is 0 Å². The zero-order chi connectivity index (χ0) is 15.2. The molecule has 1 aromatic carbocycles. The Kier molecular flexibility index (Phi) is 5.95. The summed E-state index contributed by atoms with van der Waals surface area (Å²) in [6.45, 7) is 4.73. The molecule has 112 valence electrons. The molecule has 0 bridgehead atoms. The smallest absolute Gasteiger partial charge is 0.224 e. The summed E-state index contributed by atoms with van der Waals surface area (Å²) in [5.74, 6) is -0.173. The molecule has 0 atom stereocenters. The van der Waals surface area contributed by atoms with Gasteiger partial charge in [-0.05, 0) is 36.9 Å². The van der Waals surface area contributed by atoms with Gasteiger partial charge in [-0.25, -0.2) is 4.39 Å². The highest BCUT2D eigenvalue weighted by molar-refractivity contribution is 5.91. The van der Waals surface area contributed by atoms with Crippen LogP contribution in [0.5, 0.6) is 5.75 Å². The van der Waals surface area contributed by atoms with E-state index in [4.69, 9.17) is 10.5 Å². The Hall–Kier alpha value is -1.62.